The molecular formula is C11H22N2. The zero-order chi connectivity index (χ0) is 9.80. The largest absolute Gasteiger partial charge is 0.305 e. The van der Waals surface area contributed by atoms with E-state index >= 15 is 0 Å². The molecule has 76 valence electrons. The van der Waals surface area contributed by atoms with Gasteiger partial charge in [-0.05, 0) is 38.1 Å². The first kappa shape index (κ1) is 9.47. The Morgan fingerprint density at radius 2 is 2.00 bits per heavy atom. The average molecular weight is 182 g/mol. The van der Waals surface area contributed by atoms with Crippen LogP contribution in [0.4, 0.5) is 0 Å². The lowest BCUT2D eigenvalue weighted by Gasteiger charge is -2.33. The molecule has 1 aliphatic heterocycles. The van der Waals surface area contributed by atoms with Crippen LogP contribution in [-0.4, -0.2) is 30.7 Å². The number of hydrogen-bond acceptors (Lipinski definition) is 2. The lowest BCUT2D eigenvalue weighted by atomic mass is 10.0. The van der Waals surface area contributed by atoms with Crippen LogP contribution < -0.4 is 5.32 Å². The van der Waals surface area contributed by atoms with Gasteiger partial charge in [0.05, 0.1) is 6.17 Å². The topological polar surface area (TPSA) is 15.3 Å². The first-order valence-electron chi connectivity index (χ1n) is 5.43. The Kier molecular flexibility index (Phi) is 1.97. The molecule has 0 aromatic heterocycles. The van der Waals surface area contributed by atoms with Crippen molar-refractivity contribution >= 4 is 0 Å². The fourth-order valence-electron chi connectivity index (χ4n) is 3.19. The summed E-state index contributed by atoms with van der Waals surface area (Å²) in [6, 6.07) is 0.682. The lowest BCUT2D eigenvalue weighted by Crippen LogP contribution is -2.47. The highest BCUT2D eigenvalue weighted by Gasteiger charge is 2.66. The molecule has 3 unspecified atom stereocenters. The molecule has 1 heterocycles. The minimum Gasteiger partial charge on any atom is -0.305 e. The SMILES string of the molecule is CNC1C2C(CN1C(C)C)C2(C)C. The molecule has 2 heteroatoms. The van der Waals surface area contributed by atoms with Gasteiger partial charge < -0.3 is 5.32 Å². The van der Waals surface area contributed by atoms with Gasteiger partial charge in [0.15, 0.2) is 0 Å². The van der Waals surface area contributed by atoms with E-state index in [4.69, 9.17) is 0 Å². The van der Waals surface area contributed by atoms with Crippen molar-refractivity contribution in [3.05, 3.63) is 0 Å². The van der Waals surface area contributed by atoms with Crippen LogP contribution >= 0.6 is 0 Å². The van der Waals surface area contributed by atoms with Crippen LogP contribution in [0.3, 0.4) is 0 Å². The fraction of sp³-hybridized carbons (Fsp3) is 1.00. The second-order valence-corrected chi connectivity index (χ2v) is 5.48. The van der Waals surface area contributed by atoms with Gasteiger partial charge in [0, 0.05) is 12.6 Å². The minimum absolute atomic E-state index is 0.596. The predicted octanol–water partition coefficient (Wildman–Crippen LogP) is 1.53. The van der Waals surface area contributed by atoms with Gasteiger partial charge >= 0.3 is 0 Å². The Labute approximate surface area is 81.7 Å². The molecule has 2 nitrogen and oxygen atoms in total. The minimum atomic E-state index is 0.596. The number of likely N-dealkylation sites (tertiary alicyclic amines) is 1. The summed E-state index contributed by atoms with van der Waals surface area (Å²) in [5.74, 6) is 1.83. The van der Waals surface area contributed by atoms with Gasteiger partial charge in [-0.3, -0.25) is 4.90 Å². The van der Waals surface area contributed by atoms with Crippen molar-refractivity contribution in [1.29, 1.82) is 0 Å². The smallest absolute Gasteiger partial charge is 0.0634 e. The van der Waals surface area contributed by atoms with Gasteiger partial charge in [-0.1, -0.05) is 13.8 Å². The van der Waals surface area contributed by atoms with Crippen molar-refractivity contribution in [1.82, 2.24) is 10.2 Å². The van der Waals surface area contributed by atoms with Gasteiger partial charge in [0.25, 0.3) is 0 Å². The highest BCUT2D eigenvalue weighted by atomic mass is 15.3. The first-order valence-corrected chi connectivity index (χ1v) is 5.43. The molecule has 2 aliphatic rings. The molecule has 0 bridgehead atoms. The van der Waals surface area contributed by atoms with Gasteiger partial charge in [-0.25, -0.2) is 0 Å². The van der Waals surface area contributed by atoms with E-state index in [-0.39, 0.29) is 0 Å². The summed E-state index contributed by atoms with van der Waals surface area (Å²) in [5.41, 5.74) is 0.596. The maximum absolute atomic E-state index is 3.47. The molecule has 2 fully saturated rings. The highest BCUT2D eigenvalue weighted by molar-refractivity contribution is 5.15. The van der Waals surface area contributed by atoms with E-state index in [1.165, 1.54) is 6.54 Å². The molecule has 0 spiro atoms. The molecular weight excluding hydrogens is 160 g/mol. The van der Waals surface area contributed by atoms with E-state index in [0.717, 1.165) is 11.8 Å². The van der Waals surface area contributed by atoms with Crippen LogP contribution in [0, 0.1) is 17.3 Å². The molecule has 1 N–H and O–H groups in total. The average Bonchev–Trinajstić information content (AvgIpc) is 2.48. The van der Waals surface area contributed by atoms with Gasteiger partial charge in [0.2, 0.25) is 0 Å². The summed E-state index contributed by atoms with van der Waals surface area (Å²) >= 11 is 0. The fourth-order valence-corrected chi connectivity index (χ4v) is 3.19. The molecule has 1 saturated heterocycles. The standard InChI is InChI=1S/C11H22N2/c1-7(2)13-6-8-9(10(13)12-5)11(8,3)4/h7-10,12H,6H2,1-5H3. The Bertz CT molecular complexity index is 208. The van der Waals surface area contributed by atoms with E-state index in [1.54, 1.807) is 0 Å². The van der Waals surface area contributed by atoms with E-state index in [9.17, 15) is 0 Å². The molecule has 13 heavy (non-hydrogen) atoms. The van der Waals surface area contributed by atoms with Crippen LogP contribution in [0.25, 0.3) is 0 Å². The van der Waals surface area contributed by atoms with Crippen LogP contribution in [-0.2, 0) is 0 Å². The third-order valence-electron chi connectivity index (χ3n) is 4.20. The summed E-state index contributed by atoms with van der Waals surface area (Å²) in [5, 5.41) is 3.47. The number of nitrogens with one attached hydrogen (secondary N) is 1. The second-order valence-electron chi connectivity index (χ2n) is 5.48. The summed E-state index contributed by atoms with van der Waals surface area (Å²) in [4.78, 5) is 2.60. The zero-order valence-electron chi connectivity index (χ0n) is 9.46. The number of rotatable bonds is 2. The van der Waals surface area contributed by atoms with E-state index in [0.29, 0.717) is 17.6 Å². The Hall–Kier alpha value is -0.0800. The van der Waals surface area contributed by atoms with E-state index in [2.05, 4.69) is 45.0 Å². The number of hydrogen-bond donors (Lipinski definition) is 1. The molecule has 0 aromatic carbocycles. The number of fused-ring (bicyclic) bond motifs is 1. The second kappa shape index (κ2) is 2.71. The van der Waals surface area contributed by atoms with Gasteiger partial charge in [-0.15, -0.1) is 0 Å². The van der Waals surface area contributed by atoms with Crippen LogP contribution in [0.15, 0.2) is 0 Å². The Morgan fingerprint density at radius 1 is 1.38 bits per heavy atom. The number of nitrogens with zero attached hydrogens (tertiary/aromatic N) is 1. The van der Waals surface area contributed by atoms with Crippen LogP contribution in [0.5, 0.6) is 0 Å². The van der Waals surface area contributed by atoms with Crippen molar-refractivity contribution in [2.24, 2.45) is 17.3 Å². The van der Waals surface area contributed by atoms with E-state index < -0.39 is 0 Å². The molecule has 1 aliphatic carbocycles. The molecule has 3 atom stereocenters. The summed E-state index contributed by atoms with van der Waals surface area (Å²) < 4.78 is 0. The van der Waals surface area contributed by atoms with Gasteiger partial charge in [0.1, 0.15) is 0 Å². The predicted molar refractivity (Wildman–Crippen MR) is 55.5 cm³/mol. The van der Waals surface area contributed by atoms with Gasteiger partial charge in [-0.2, -0.15) is 0 Å². The first-order chi connectivity index (χ1) is 6.00. The van der Waals surface area contributed by atoms with Crippen molar-refractivity contribution in [3.8, 4) is 0 Å². The zero-order valence-corrected chi connectivity index (χ0v) is 9.46. The third-order valence-corrected chi connectivity index (χ3v) is 4.20. The summed E-state index contributed by atoms with van der Waals surface area (Å²) in [6.45, 7) is 10.7. The van der Waals surface area contributed by atoms with Crippen molar-refractivity contribution in [3.63, 3.8) is 0 Å². The lowest BCUT2D eigenvalue weighted by molar-refractivity contribution is 0.126. The maximum atomic E-state index is 3.47. The van der Waals surface area contributed by atoms with Crippen LogP contribution in [0.1, 0.15) is 27.7 Å². The van der Waals surface area contributed by atoms with Crippen LogP contribution in [0.2, 0.25) is 0 Å². The molecule has 0 aromatic rings. The quantitative estimate of drug-likeness (QED) is 0.696. The normalized spacial score (nSPS) is 42.5. The number of piperidine rings is 1. The monoisotopic (exact) mass is 182 g/mol. The molecule has 1 saturated carbocycles. The maximum Gasteiger partial charge on any atom is 0.0634 e. The summed E-state index contributed by atoms with van der Waals surface area (Å²) in [6.07, 6.45) is 0.625. The molecule has 0 amide bonds. The van der Waals surface area contributed by atoms with Crippen molar-refractivity contribution in [2.75, 3.05) is 13.6 Å². The van der Waals surface area contributed by atoms with Crippen molar-refractivity contribution < 1.29 is 0 Å². The Morgan fingerprint density at radius 3 is 2.46 bits per heavy atom. The Balaban J connectivity index is 2.09. The third kappa shape index (κ3) is 1.15. The molecule has 0 radical (unpaired) electrons. The summed E-state index contributed by atoms with van der Waals surface area (Å²) in [7, 11) is 2.09. The molecule has 2 rings (SSSR count). The van der Waals surface area contributed by atoms with E-state index in [1.807, 2.05) is 0 Å². The van der Waals surface area contributed by atoms with Crippen molar-refractivity contribution in [2.45, 2.75) is 39.9 Å². The highest BCUT2D eigenvalue weighted by Crippen LogP contribution is 2.64.